The zero-order valence-corrected chi connectivity index (χ0v) is 18.7. The molecule has 1 aliphatic rings. The molecule has 1 atom stereocenters. The van der Waals surface area contributed by atoms with Gasteiger partial charge in [-0.25, -0.2) is 14.2 Å². The fraction of sp³-hybridized carbons (Fsp3) is 0.217. The Kier molecular flexibility index (Phi) is 5.86. The number of anilines is 1. The number of benzene rings is 1. The number of hydrogen-bond acceptors (Lipinski definition) is 8. The van der Waals surface area contributed by atoms with E-state index in [1.165, 1.54) is 30.3 Å². The minimum atomic E-state index is -1.11. The second-order valence-corrected chi connectivity index (χ2v) is 8.24. The molecule has 3 heterocycles. The van der Waals surface area contributed by atoms with Gasteiger partial charge in [-0.15, -0.1) is 0 Å². The molecule has 0 fully saturated rings. The molecule has 3 aromatic rings. The molecule has 0 unspecified atom stereocenters. The second-order valence-electron chi connectivity index (χ2n) is 7.26. The minimum Gasteiger partial charge on any atom is -0.503 e. The van der Waals surface area contributed by atoms with E-state index in [4.69, 9.17) is 9.15 Å². The Morgan fingerprint density at radius 2 is 1.91 bits per heavy atom. The summed E-state index contributed by atoms with van der Waals surface area (Å²) < 4.78 is 24.0. The monoisotopic (exact) mass is 470 g/mol. The Balaban J connectivity index is 1.85. The zero-order chi connectivity index (χ0) is 23.9. The summed E-state index contributed by atoms with van der Waals surface area (Å²) in [7, 11) is 0. The Hall–Kier alpha value is -3.79. The summed E-state index contributed by atoms with van der Waals surface area (Å²) in [4.78, 5) is 44.3. The maximum absolute atomic E-state index is 13.6. The molecule has 1 aromatic carbocycles. The zero-order valence-electron chi connectivity index (χ0n) is 17.9. The number of aliphatic hydroxyl groups is 1. The molecule has 8 nitrogen and oxygen atoms in total. The van der Waals surface area contributed by atoms with E-state index in [1.54, 1.807) is 26.8 Å². The number of halogens is 1. The molecule has 0 saturated carbocycles. The Morgan fingerprint density at radius 1 is 1.21 bits per heavy atom. The highest BCUT2D eigenvalue weighted by atomic mass is 32.1. The lowest BCUT2D eigenvalue weighted by Crippen LogP contribution is -2.31. The van der Waals surface area contributed by atoms with Gasteiger partial charge in [0, 0.05) is 0 Å². The Bertz CT molecular complexity index is 1290. The van der Waals surface area contributed by atoms with E-state index in [9.17, 15) is 23.9 Å². The Labute approximate surface area is 191 Å². The van der Waals surface area contributed by atoms with Gasteiger partial charge in [-0.3, -0.25) is 14.5 Å². The van der Waals surface area contributed by atoms with Crippen molar-refractivity contribution in [3.8, 4) is 0 Å². The second kappa shape index (κ2) is 8.62. The van der Waals surface area contributed by atoms with E-state index < -0.39 is 35.3 Å². The number of rotatable bonds is 6. The van der Waals surface area contributed by atoms with Gasteiger partial charge in [0.15, 0.2) is 16.7 Å². The molecule has 0 saturated heterocycles. The number of aliphatic hydroxyl groups excluding tert-OH is 1. The third-order valence-electron chi connectivity index (χ3n) is 5.05. The van der Waals surface area contributed by atoms with Gasteiger partial charge in [-0.1, -0.05) is 23.5 Å². The molecule has 1 N–H and O–H groups in total. The molecule has 0 aliphatic carbocycles. The van der Waals surface area contributed by atoms with Gasteiger partial charge in [0.2, 0.25) is 5.78 Å². The van der Waals surface area contributed by atoms with Crippen molar-refractivity contribution in [2.24, 2.45) is 0 Å². The van der Waals surface area contributed by atoms with Crippen molar-refractivity contribution in [2.75, 3.05) is 11.5 Å². The van der Waals surface area contributed by atoms with Gasteiger partial charge in [-0.05, 0) is 50.6 Å². The molecule has 170 valence electrons. The number of furan rings is 1. The van der Waals surface area contributed by atoms with Crippen molar-refractivity contribution in [1.82, 2.24) is 4.98 Å². The largest absolute Gasteiger partial charge is 0.503 e. The van der Waals surface area contributed by atoms with Crippen LogP contribution in [0, 0.1) is 19.7 Å². The van der Waals surface area contributed by atoms with Crippen LogP contribution in [-0.4, -0.2) is 34.4 Å². The average molecular weight is 470 g/mol. The fourth-order valence-electron chi connectivity index (χ4n) is 3.56. The van der Waals surface area contributed by atoms with Gasteiger partial charge >= 0.3 is 5.97 Å². The summed E-state index contributed by atoms with van der Waals surface area (Å²) in [6.07, 6.45) is 0. The van der Waals surface area contributed by atoms with E-state index in [0.29, 0.717) is 17.0 Å². The molecule has 1 amide bonds. The van der Waals surface area contributed by atoms with Crippen molar-refractivity contribution in [3.63, 3.8) is 0 Å². The standard InChI is InChI=1S/C23H19FN2O6S/c1-4-31-22(30)20-12(3)25-23(33-20)26-17(13-6-8-14(24)9-7-13)16(19(28)21(26)29)18(27)15-10-5-11(2)32-15/h5-10,17,28H,4H2,1-3H3/t17-/m0/s1. The summed E-state index contributed by atoms with van der Waals surface area (Å²) in [5.41, 5.74) is 0.470. The quantitative estimate of drug-likeness (QED) is 0.419. The maximum Gasteiger partial charge on any atom is 0.350 e. The first-order chi connectivity index (χ1) is 15.7. The van der Waals surface area contributed by atoms with Crippen LogP contribution in [0.5, 0.6) is 0 Å². The van der Waals surface area contributed by atoms with E-state index in [-0.39, 0.29) is 27.9 Å². The third-order valence-corrected chi connectivity index (χ3v) is 6.19. The van der Waals surface area contributed by atoms with Crippen molar-refractivity contribution in [3.05, 3.63) is 81.2 Å². The number of aryl methyl sites for hydroxylation is 2. The number of amides is 1. The molecule has 0 spiro atoms. The van der Waals surface area contributed by atoms with Crippen molar-refractivity contribution in [1.29, 1.82) is 0 Å². The first-order valence-corrected chi connectivity index (χ1v) is 10.8. The first-order valence-electron chi connectivity index (χ1n) is 10.0. The fourth-order valence-corrected chi connectivity index (χ4v) is 4.54. The highest BCUT2D eigenvalue weighted by Crippen LogP contribution is 2.43. The number of nitrogens with zero attached hydrogens (tertiary/aromatic N) is 2. The van der Waals surface area contributed by atoms with Crippen LogP contribution in [0.15, 0.2) is 52.1 Å². The predicted molar refractivity (Wildman–Crippen MR) is 117 cm³/mol. The van der Waals surface area contributed by atoms with Crippen molar-refractivity contribution < 1.29 is 33.0 Å². The van der Waals surface area contributed by atoms with E-state index >= 15 is 0 Å². The first kappa shape index (κ1) is 22.4. The third kappa shape index (κ3) is 3.93. The van der Waals surface area contributed by atoms with Gasteiger partial charge in [-0.2, -0.15) is 0 Å². The lowest BCUT2D eigenvalue weighted by Gasteiger charge is -2.24. The number of esters is 1. The van der Waals surface area contributed by atoms with Gasteiger partial charge in [0.25, 0.3) is 5.91 Å². The number of aromatic nitrogens is 1. The summed E-state index contributed by atoms with van der Waals surface area (Å²) in [5, 5.41) is 10.8. The van der Waals surface area contributed by atoms with Crippen molar-refractivity contribution >= 4 is 34.1 Å². The normalized spacial score (nSPS) is 15.9. The molecule has 33 heavy (non-hydrogen) atoms. The highest BCUT2D eigenvalue weighted by molar-refractivity contribution is 7.17. The lowest BCUT2D eigenvalue weighted by molar-refractivity contribution is -0.117. The summed E-state index contributed by atoms with van der Waals surface area (Å²) in [6, 6.07) is 7.10. The van der Waals surface area contributed by atoms with Crippen LogP contribution in [0.2, 0.25) is 0 Å². The molecule has 2 aromatic heterocycles. The van der Waals surface area contributed by atoms with Crippen molar-refractivity contribution in [2.45, 2.75) is 26.8 Å². The topological polar surface area (TPSA) is 110 Å². The predicted octanol–water partition coefficient (Wildman–Crippen LogP) is 4.45. The minimum absolute atomic E-state index is 0.0571. The van der Waals surface area contributed by atoms with Crippen LogP contribution >= 0.6 is 11.3 Å². The lowest BCUT2D eigenvalue weighted by atomic mass is 9.95. The van der Waals surface area contributed by atoms with E-state index in [1.807, 2.05) is 0 Å². The van der Waals surface area contributed by atoms with E-state index in [2.05, 4.69) is 4.98 Å². The number of carbonyl (C=O) groups excluding carboxylic acids is 3. The highest BCUT2D eigenvalue weighted by Gasteiger charge is 2.46. The maximum atomic E-state index is 13.6. The number of carbonyl (C=O) groups is 3. The van der Waals surface area contributed by atoms with Gasteiger partial charge < -0.3 is 14.3 Å². The number of hydrogen-bond donors (Lipinski definition) is 1. The molecule has 10 heteroatoms. The molecule has 1 aliphatic heterocycles. The smallest absolute Gasteiger partial charge is 0.350 e. The average Bonchev–Trinajstić information content (AvgIpc) is 3.45. The number of ether oxygens (including phenoxy) is 1. The molecular weight excluding hydrogens is 451 g/mol. The summed E-state index contributed by atoms with van der Waals surface area (Å²) in [5.74, 6) is -3.01. The van der Waals surface area contributed by atoms with Crippen LogP contribution in [-0.2, 0) is 9.53 Å². The van der Waals surface area contributed by atoms with Crippen LogP contribution < -0.4 is 4.90 Å². The van der Waals surface area contributed by atoms with Gasteiger partial charge in [0.05, 0.1) is 23.9 Å². The molecule has 0 bridgehead atoms. The molecular formula is C23H19FN2O6S. The number of ketones is 1. The van der Waals surface area contributed by atoms with Crippen LogP contribution in [0.25, 0.3) is 0 Å². The summed E-state index contributed by atoms with van der Waals surface area (Å²) >= 11 is 0.899. The van der Waals surface area contributed by atoms with Crippen LogP contribution in [0.3, 0.4) is 0 Å². The number of thiazole rings is 1. The SMILES string of the molecule is CCOC(=O)c1sc(N2C(=O)C(O)=C(C(=O)c3ccc(C)o3)[C@@H]2c2ccc(F)cc2)nc1C. The van der Waals surface area contributed by atoms with E-state index in [0.717, 1.165) is 16.2 Å². The van der Waals surface area contributed by atoms with Gasteiger partial charge in [0.1, 0.15) is 16.5 Å². The number of Topliss-reactive ketones (excluding diaryl/α,β-unsaturated/α-hetero) is 1. The molecule has 4 rings (SSSR count). The summed E-state index contributed by atoms with van der Waals surface area (Å²) in [6.45, 7) is 5.07. The van der Waals surface area contributed by atoms with Crippen LogP contribution in [0.4, 0.5) is 9.52 Å². The van der Waals surface area contributed by atoms with Crippen LogP contribution in [0.1, 0.15) is 50.2 Å². The molecule has 0 radical (unpaired) electrons. The Morgan fingerprint density at radius 3 is 2.52 bits per heavy atom.